The lowest BCUT2D eigenvalue weighted by Crippen LogP contribution is -2.27. The van der Waals surface area contributed by atoms with E-state index >= 15 is 0 Å². The first kappa shape index (κ1) is 15.0. The third kappa shape index (κ3) is 4.63. The number of hydrogen-bond donors (Lipinski definition) is 2. The van der Waals surface area contributed by atoms with E-state index in [2.05, 4.69) is 11.9 Å². The molecule has 1 amide bonds. The van der Waals surface area contributed by atoms with Crippen molar-refractivity contribution >= 4 is 11.6 Å². The van der Waals surface area contributed by atoms with E-state index < -0.39 is 0 Å². The fraction of sp³-hybridized carbons (Fsp3) is 0.357. The third-order valence-electron chi connectivity index (χ3n) is 2.49. The molecule has 0 spiro atoms. The number of anilines is 1. The lowest BCUT2D eigenvalue weighted by Gasteiger charge is -2.11. The van der Waals surface area contributed by atoms with Gasteiger partial charge < -0.3 is 20.5 Å². The topological polar surface area (TPSA) is 73.6 Å². The quantitative estimate of drug-likeness (QED) is 0.425. The molecule has 0 aliphatic heterocycles. The number of rotatable bonds is 8. The Labute approximate surface area is 113 Å². The number of para-hydroxylation sites is 1. The van der Waals surface area contributed by atoms with E-state index in [0.717, 1.165) is 6.42 Å². The highest BCUT2D eigenvalue weighted by Crippen LogP contribution is 2.25. The molecule has 5 heteroatoms. The summed E-state index contributed by atoms with van der Waals surface area (Å²) in [5.41, 5.74) is 6.61. The molecule has 1 aromatic carbocycles. The number of hydrogen-bond acceptors (Lipinski definition) is 4. The highest BCUT2D eigenvalue weighted by Gasteiger charge is 2.13. The Hall–Kier alpha value is -2.01. The zero-order chi connectivity index (χ0) is 14.1. The number of nitrogens with one attached hydrogen (secondary N) is 1. The number of methoxy groups -OCH3 is 1. The van der Waals surface area contributed by atoms with Gasteiger partial charge >= 0.3 is 0 Å². The van der Waals surface area contributed by atoms with Crippen LogP contribution in [0.3, 0.4) is 0 Å². The molecule has 104 valence electrons. The second kappa shape index (κ2) is 8.16. The predicted octanol–water partition coefficient (Wildman–Crippen LogP) is 1.60. The van der Waals surface area contributed by atoms with Crippen molar-refractivity contribution in [3.63, 3.8) is 0 Å². The molecule has 0 fully saturated rings. The number of ether oxygens (including phenoxy) is 2. The number of benzene rings is 1. The number of amides is 1. The van der Waals surface area contributed by atoms with E-state index in [-0.39, 0.29) is 5.91 Å². The Morgan fingerprint density at radius 1 is 1.47 bits per heavy atom. The summed E-state index contributed by atoms with van der Waals surface area (Å²) in [4.78, 5) is 11.9. The minimum absolute atomic E-state index is 0.225. The van der Waals surface area contributed by atoms with Crippen LogP contribution in [-0.2, 0) is 4.74 Å². The van der Waals surface area contributed by atoms with Gasteiger partial charge in [0.1, 0.15) is 0 Å². The van der Waals surface area contributed by atoms with E-state index in [9.17, 15) is 4.79 Å². The van der Waals surface area contributed by atoms with Gasteiger partial charge in [-0.3, -0.25) is 4.79 Å². The minimum atomic E-state index is -0.225. The van der Waals surface area contributed by atoms with Crippen molar-refractivity contribution in [1.29, 1.82) is 0 Å². The number of carbonyl (C=O) groups is 1. The molecule has 0 heterocycles. The van der Waals surface area contributed by atoms with Gasteiger partial charge in [-0.05, 0) is 18.6 Å². The molecule has 0 radical (unpaired) electrons. The first-order valence-electron chi connectivity index (χ1n) is 6.10. The Balaban J connectivity index is 2.45. The number of nitrogen functional groups attached to an aromatic ring is 1. The summed E-state index contributed by atoms with van der Waals surface area (Å²) in [6.07, 6.45) is 2.59. The lowest BCUT2D eigenvalue weighted by atomic mass is 10.1. The van der Waals surface area contributed by atoms with Crippen LogP contribution in [0, 0.1) is 0 Å². The summed E-state index contributed by atoms with van der Waals surface area (Å²) < 4.78 is 10.4. The largest absolute Gasteiger partial charge is 0.494 e. The fourth-order valence-electron chi connectivity index (χ4n) is 1.56. The molecule has 0 saturated heterocycles. The Morgan fingerprint density at radius 2 is 2.26 bits per heavy atom. The van der Waals surface area contributed by atoms with Crippen molar-refractivity contribution in [3.05, 3.63) is 36.4 Å². The molecule has 0 saturated carbocycles. The zero-order valence-corrected chi connectivity index (χ0v) is 11.1. The van der Waals surface area contributed by atoms with Crippen LogP contribution in [0.1, 0.15) is 16.8 Å². The van der Waals surface area contributed by atoms with Crippen molar-refractivity contribution in [3.8, 4) is 5.75 Å². The van der Waals surface area contributed by atoms with Crippen LogP contribution in [0.25, 0.3) is 0 Å². The Bertz CT molecular complexity index is 433. The molecule has 0 unspecified atom stereocenters. The SMILES string of the molecule is C=CCCOCCNC(=O)c1cccc(N)c1OC. The molecule has 3 N–H and O–H groups in total. The van der Waals surface area contributed by atoms with Crippen molar-refractivity contribution in [2.75, 3.05) is 32.6 Å². The van der Waals surface area contributed by atoms with Gasteiger partial charge in [0.2, 0.25) is 0 Å². The van der Waals surface area contributed by atoms with Crippen LogP contribution < -0.4 is 15.8 Å². The average Bonchev–Trinajstić information content (AvgIpc) is 2.42. The van der Waals surface area contributed by atoms with Gasteiger partial charge in [-0.1, -0.05) is 12.1 Å². The second-order valence-corrected chi connectivity index (χ2v) is 3.87. The van der Waals surface area contributed by atoms with Gasteiger partial charge in [-0.25, -0.2) is 0 Å². The van der Waals surface area contributed by atoms with Crippen LogP contribution >= 0.6 is 0 Å². The van der Waals surface area contributed by atoms with E-state index in [0.29, 0.717) is 36.8 Å². The van der Waals surface area contributed by atoms with Gasteiger partial charge in [0.05, 0.1) is 31.6 Å². The van der Waals surface area contributed by atoms with Crippen LogP contribution in [0.4, 0.5) is 5.69 Å². The predicted molar refractivity (Wildman–Crippen MR) is 75.4 cm³/mol. The van der Waals surface area contributed by atoms with Crippen LogP contribution in [0.5, 0.6) is 5.75 Å². The van der Waals surface area contributed by atoms with Gasteiger partial charge in [-0.15, -0.1) is 6.58 Å². The highest BCUT2D eigenvalue weighted by molar-refractivity contribution is 5.98. The molecule has 0 aromatic heterocycles. The zero-order valence-electron chi connectivity index (χ0n) is 11.1. The molecule has 1 rings (SSSR count). The smallest absolute Gasteiger partial charge is 0.255 e. The van der Waals surface area contributed by atoms with Gasteiger partial charge in [-0.2, -0.15) is 0 Å². The molecular weight excluding hydrogens is 244 g/mol. The van der Waals surface area contributed by atoms with Gasteiger partial charge in [0.25, 0.3) is 5.91 Å². The van der Waals surface area contributed by atoms with Crippen LogP contribution in [-0.4, -0.2) is 32.8 Å². The summed E-state index contributed by atoms with van der Waals surface area (Å²) in [6, 6.07) is 5.07. The molecule has 0 atom stereocenters. The van der Waals surface area contributed by atoms with E-state index in [1.807, 2.05) is 0 Å². The molecule has 0 bridgehead atoms. The number of nitrogens with two attached hydrogens (primary N) is 1. The summed E-state index contributed by atoms with van der Waals surface area (Å²) in [7, 11) is 1.49. The number of carbonyl (C=O) groups excluding carboxylic acids is 1. The van der Waals surface area contributed by atoms with Crippen LogP contribution in [0.2, 0.25) is 0 Å². The average molecular weight is 264 g/mol. The van der Waals surface area contributed by atoms with Gasteiger partial charge in [0, 0.05) is 6.54 Å². The van der Waals surface area contributed by atoms with Crippen molar-refractivity contribution in [1.82, 2.24) is 5.32 Å². The first-order valence-corrected chi connectivity index (χ1v) is 6.10. The fourth-order valence-corrected chi connectivity index (χ4v) is 1.56. The third-order valence-corrected chi connectivity index (χ3v) is 2.49. The van der Waals surface area contributed by atoms with E-state index in [4.69, 9.17) is 15.2 Å². The van der Waals surface area contributed by atoms with Crippen molar-refractivity contribution in [2.45, 2.75) is 6.42 Å². The summed E-state index contributed by atoms with van der Waals surface area (Å²) in [5.74, 6) is 0.170. The summed E-state index contributed by atoms with van der Waals surface area (Å²) >= 11 is 0. The van der Waals surface area contributed by atoms with Crippen LogP contribution in [0.15, 0.2) is 30.9 Å². The molecule has 0 aliphatic carbocycles. The lowest BCUT2D eigenvalue weighted by molar-refractivity contribution is 0.0915. The van der Waals surface area contributed by atoms with Crippen molar-refractivity contribution in [2.24, 2.45) is 0 Å². The maximum atomic E-state index is 11.9. The summed E-state index contributed by atoms with van der Waals surface area (Å²) in [5, 5.41) is 2.75. The normalized spacial score (nSPS) is 9.95. The van der Waals surface area contributed by atoms with E-state index in [1.54, 1.807) is 24.3 Å². The maximum absolute atomic E-state index is 11.9. The second-order valence-electron chi connectivity index (χ2n) is 3.87. The summed E-state index contributed by atoms with van der Waals surface area (Å²) in [6.45, 7) is 5.11. The molecular formula is C14H20N2O3. The minimum Gasteiger partial charge on any atom is -0.494 e. The molecule has 1 aromatic rings. The maximum Gasteiger partial charge on any atom is 0.255 e. The standard InChI is InChI=1S/C14H20N2O3/c1-3-4-9-19-10-8-16-14(17)11-6-5-7-12(15)13(11)18-2/h3,5-7H,1,4,8-10,15H2,2H3,(H,16,17). The monoisotopic (exact) mass is 264 g/mol. The Kier molecular flexibility index (Phi) is 6.46. The van der Waals surface area contributed by atoms with Crippen molar-refractivity contribution < 1.29 is 14.3 Å². The van der Waals surface area contributed by atoms with E-state index in [1.165, 1.54) is 7.11 Å². The van der Waals surface area contributed by atoms with Gasteiger partial charge in [0.15, 0.2) is 5.75 Å². The molecule has 0 aliphatic rings. The highest BCUT2D eigenvalue weighted by atomic mass is 16.5. The Morgan fingerprint density at radius 3 is 2.95 bits per heavy atom. The first-order chi connectivity index (χ1) is 9.20. The molecule has 19 heavy (non-hydrogen) atoms. The molecule has 5 nitrogen and oxygen atoms in total.